The van der Waals surface area contributed by atoms with Crippen LogP contribution in [0.3, 0.4) is 0 Å². The highest BCUT2D eigenvalue weighted by Gasteiger charge is 2.35. The molecule has 0 bridgehead atoms. The zero-order chi connectivity index (χ0) is 19.1. The molecule has 3 aromatic carbocycles. The summed E-state index contributed by atoms with van der Waals surface area (Å²) >= 11 is 6.07. The standard InChI is InChI=1S/C24H22ClNO/c1-15-12-16(2)23(17(3)13-15)26-14-19-6-4-5-7-21(19)22(24(26)27)18-8-10-20(25)11-9-18/h4-13,22H,14H2,1-3H3. The van der Waals surface area contributed by atoms with Gasteiger partial charge in [-0.2, -0.15) is 0 Å². The van der Waals surface area contributed by atoms with Crippen LogP contribution in [0.5, 0.6) is 0 Å². The number of fused-ring (bicyclic) bond motifs is 1. The second-order valence-electron chi connectivity index (χ2n) is 7.36. The van der Waals surface area contributed by atoms with Crippen LogP contribution in [0.1, 0.15) is 39.3 Å². The van der Waals surface area contributed by atoms with Gasteiger partial charge in [-0.15, -0.1) is 0 Å². The van der Waals surface area contributed by atoms with Crippen LogP contribution in [0, 0.1) is 20.8 Å². The summed E-state index contributed by atoms with van der Waals surface area (Å²) in [5, 5.41) is 0.678. The molecule has 2 nitrogen and oxygen atoms in total. The van der Waals surface area contributed by atoms with Crippen molar-refractivity contribution in [1.29, 1.82) is 0 Å². The molecule has 27 heavy (non-hydrogen) atoms. The van der Waals surface area contributed by atoms with Crippen LogP contribution in [0.4, 0.5) is 5.69 Å². The van der Waals surface area contributed by atoms with Gasteiger partial charge < -0.3 is 4.90 Å². The normalized spacial score (nSPS) is 16.4. The number of hydrogen-bond acceptors (Lipinski definition) is 1. The average Bonchev–Trinajstić information content (AvgIpc) is 2.62. The maximum Gasteiger partial charge on any atom is 0.239 e. The number of hydrogen-bond donors (Lipinski definition) is 0. The molecular formula is C24H22ClNO. The van der Waals surface area contributed by atoms with E-state index in [0.717, 1.165) is 27.9 Å². The fraction of sp³-hybridized carbons (Fsp3) is 0.208. The molecule has 1 aliphatic heterocycles. The number of rotatable bonds is 2. The summed E-state index contributed by atoms with van der Waals surface area (Å²) in [6.45, 7) is 6.86. The number of carbonyl (C=O) groups is 1. The second kappa shape index (κ2) is 6.86. The van der Waals surface area contributed by atoms with Crippen molar-refractivity contribution < 1.29 is 4.79 Å². The third kappa shape index (κ3) is 3.15. The Morgan fingerprint density at radius 2 is 1.56 bits per heavy atom. The van der Waals surface area contributed by atoms with Gasteiger partial charge in [-0.05, 0) is 60.7 Å². The number of nitrogens with zero attached hydrogens (tertiary/aromatic N) is 1. The molecule has 136 valence electrons. The van der Waals surface area contributed by atoms with Gasteiger partial charge in [-0.25, -0.2) is 0 Å². The minimum absolute atomic E-state index is 0.117. The summed E-state index contributed by atoms with van der Waals surface area (Å²) < 4.78 is 0. The average molecular weight is 376 g/mol. The summed E-state index contributed by atoms with van der Waals surface area (Å²) in [6, 6.07) is 20.2. The Morgan fingerprint density at radius 1 is 0.926 bits per heavy atom. The van der Waals surface area contributed by atoms with Gasteiger partial charge in [0.05, 0.1) is 12.5 Å². The van der Waals surface area contributed by atoms with Crippen molar-refractivity contribution in [1.82, 2.24) is 0 Å². The smallest absolute Gasteiger partial charge is 0.239 e. The summed E-state index contributed by atoms with van der Waals surface area (Å²) in [5.41, 5.74) is 7.76. The van der Waals surface area contributed by atoms with Crippen molar-refractivity contribution >= 4 is 23.2 Å². The summed E-state index contributed by atoms with van der Waals surface area (Å²) in [4.78, 5) is 15.6. The van der Waals surface area contributed by atoms with E-state index in [1.165, 1.54) is 11.1 Å². The Labute approximate surface area is 165 Å². The topological polar surface area (TPSA) is 20.3 Å². The fourth-order valence-electron chi connectivity index (χ4n) is 4.26. The van der Waals surface area contributed by atoms with Gasteiger partial charge in [0.15, 0.2) is 0 Å². The minimum Gasteiger partial charge on any atom is -0.307 e. The lowest BCUT2D eigenvalue weighted by molar-refractivity contribution is -0.119. The van der Waals surface area contributed by atoms with Crippen molar-refractivity contribution in [3.63, 3.8) is 0 Å². The first kappa shape index (κ1) is 17.8. The maximum absolute atomic E-state index is 13.7. The van der Waals surface area contributed by atoms with Gasteiger partial charge in [0.25, 0.3) is 0 Å². The van der Waals surface area contributed by atoms with Crippen LogP contribution in [0.15, 0.2) is 60.7 Å². The minimum atomic E-state index is -0.313. The molecule has 1 heterocycles. The van der Waals surface area contributed by atoms with Crippen molar-refractivity contribution in [3.05, 3.63) is 99.1 Å². The molecule has 0 saturated heterocycles. The molecule has 0 N–H and O–H groups in total. The third-order valence-electron chi connectivity index (χ3n) is 5.32. The molecular weight excluding hydrogens is 354 g/mol. The van der Waals surface area contributed by atoms with Gasteiger partial charge >= 0.3 is 0 Å². The predicted octanol–water partition coefficient (Wildman–Crippen LogP) is 5.94. The number of aryl methyl sites for hydroxylation is 3. The molecule has 1 aliphatic rings. The van der Waals surface area contributed by atoms with E-state index in [-0.39, 0.29) is 11.8 Å². The largest absolute Gasteiger partial charge is 0.307 e. The van der Waals surface area contributed by atoms with E-state index in [9.17, 15) is 4.79 Å². The number of anilines is 1. The van der Waals surface area contributed by atoms with Crippen LogP contribution < -0.4 is 4.90 Å². The number of benzene rings is 3. The summed E-state index contributed by atoms with van der Waals surface area (Å²) in [5.74, 6) is -0.196. The van der Waals surface area contributed by atoms with Gasteiger partial charge in [-0.1, -0.05) is 65.7 Å². The van der Waals surface area contributed by atoms with E-state index < -0.39 is 0 Å². The van der Waals surface area contributed by atoms with E-state index >= 15 is 0 Å². The zero-order valence-electron chi connectivity index (χ0n) is 15.8. The highest BCUT2D eigenvalue weighted by atomic mass is 35.5. The Hall–Kier alpha value is -2.58. The predicted molar refractivity (Wildman–Crippen MR) is 112 cm³/mol. The van der Waals surface area contributed by atoms with Crippen molar-refractivity contribution in [2.75, 3.05) is 4.90 Å². The number of amides is 1. The van der Waals surface area contributed by atoms with Crippen LogP contribution in [0.25, 0.3) is 0 Å². The van der Waals surface area contributed by atoms with Crippen molar-refractivity contribution in [3.8, 4) is 0 Å². The van der Waals surface area contributed by atoms with Gasteiger partial charge in [-0.3, -0.25) is 4.79 Å². The highest BCUT2D eigenvalue weighted by molar-refractivity contribution is 6.30. The fourth-order valence-corrected chi connectivity index (χ4v) is 4.39. The molecule has 0 radical (unpaired) electrons. The number of carbonyl (C=O) groups excluding carboxylic acids is 1. The van der Waals surface area contributed by atoms with E-state index in [4.69, 9.17) is 11.6 Å². The van der Waals surface area contributed by atoms with Crippen LogP contribution in [-0.2, 0) is 11.3 Å². The lowest BCUT2D eigenvalue weighted by Crippen LogP contribution is -2.40. The molecule has 3 aromatic rings. The molecule has 1 atom stereocenters. The lowest BCUT2D eigenvalue weighted by Gasteiger charge is -2.36. The molecule has 0 spiro atoms. The monoisotopic (exact) mass is 375 g/mol. The first-order valence-corrected chi connectivity index (χ1v) is 9.56. The second-order valence-corrected chi connectivity index (χ2v) is 7.79. The first-order chi connectivity index (χ1) is 13.0. The highest BCUT2D eigenvalue weighted by Crippen LogP contribution is 2.39. The van der Waals surface area contributed by atoms with Crippen LogP contribution in [-0.4, -0.2) is 5.91 Å². The molecule has 3 heteroatoms. The van der Waals surface area contributed by atoms with Gasteiger partial charge in [0.2, 0.25) is 5.91 Å². The van der Waals surface area contributed by atoms with E-state index in [1.807, 2.05) is 41.3 Å². The molecule has 1 amide bonds. The Morgan fingerprint density at radius 3 is 2.22 bits per heavy atom. The third-order valence-corrected chi connectivity index (χ3v) is 5.57. The Balaban J connectivity index is 1.88. The van der Waals surface area contributed by atoms with Crippen molar-refractivity contribution in [2.24, 2.45) is 0 Å². The van der Waals surface area contributed by atoms with Crippen molar-refractivity contribution in [2.45, 2.75) is 33.2 Å². The zero-order valence-corrected chi connectivity index (χ0v) is 16.5. The summed E-state index contributed by atoms with van der Waals surface area (Å²) in [7, 11) is 0. The van der Waals surface area contributed by atoms with E-state index in [2.05, 4.69) is 45.0 Å². The first-order valence-electron chi connectivity index (χ1n) is 9.18. The molecule has 0 fully saturated rings. The van der Waals surface area contributed by atoms with Gasteiger partial charge in [0.1, 0.15) is 0 Å². The molecule has 0 saturated carbocycles. The van der Waals surface area contributed by atoms with E-state index in [0.29, 0.717) is 11.6 Å². The van der Waals surface area contributed by atoms with Crippen LogP contribution >= 0.6 is 11.6 Å². The molecule has 0 aliphatic carbocycles. The number of halogens is 1. The SMILES string of the molecule is Cc1cc(C)c(N2Cc3ccccc3C(c3ccc(Cl)cc3)C2=O)c(C)c1. The molecule has 1 unspecified atom stereocenters. The maximum atomic E-state index is 13.7. The van der Waals surface area contributed by atoms with Crippen LogP contribution in [0.2, 0.25) is 5.02 Å². The lowest BCUT2D eigenvalue weighted by atomic mass is 9.83. The summed E-state index contributed by atoms with van der Waals surface area (Å²) in [6.07, 6.45) is 0. The Kier molecular flexibility index (Phi) is 4.53. The molecule has 4 rings (SSSR count). The quantitative estimate of drug-likeness (QED) is 0.542. The Bertz CT molecular complexity index is 1000. The van der Waals surface area contributed by atoms with Gasteiger partial charge in [0, 0.05) is 10.7 Å². The van der Waals surface area contributed by atoms with E-state index in [1.54, 1.807) is 0 Å². The molecule has 0 aromatic heterocycles.